The molecule has 0 radical (unpaired) electrons. The number of carboxylic acid groups (broad SMARTS) is 2. The van der Waals surface area contributed by atoms with Crippen molar-refractivity contribution in [2.24, 2.45) is 0 Å². The Morgan fingerprint density at radius 2 is 1.17 bits per heavy atom. The molecule has 0 aromatic carbocycles. The molecule has 2 heterocycles. The van der Waals surface area contributed by atoms with E-state index in [0.29, 0.717) is 12.8 Å². The van der Waals surface area contributed by atoms with Crippen molar-refractivity contribution in [2.45, 2.75) is 74.7 Å². The van der Waals surface area contributed by atoms with Gasteiger partial charge in [0, 0.05) is 34.8 Å². The average Bonchev–Trinajstić information content (AvgIpc) is 3.22. The average molecular weight is 413 g/mol. The second-order valence-electron chi connectivity index (χ2n) is 5.94. The summed E-state index contributed by atoms with van der Waals surface area (Å²) < 4.78 is 0. The van der Waals surface area contributed by atoms with E-state index in [1.165, 1.54) is 37.2 Å². The van der Waals surface area contributed by atoms with Crippen molar-refractivity contribution in [3.8, 4) is 0 Å². The van der Waals surface area contributed by atoms with Crippen molar-refractivity contribution >= 4 is 55.1 Å². The standard InChI is InChI=1S/2C8H14O2S2/c2*9-8(10)4-2-1-3-7-5-6-11-12-7/h2*7H,1-6H2,(H,9,10)/t2*7-/m11/s1. The number of hydrogen-bond acceptors (Lipinski definition) is 6. The Kier molecular flexibility index (Phi) is 13.5. The lowest BCUT2D eigenvalue weighted by Gasteiger charge is -2.04. The van der Waals surface area contributed by atoms with Gasteiger partial charge in [-0.15, -0.1) is 0 Å². The highest BCUT2D eigenvalue weighted by Gasteiger charge is 2.16. The van der Waals surface area contributed by atoms with E-state index in [-0.39, 0.29) is 0 Å². The topological polar surface area (TPSA) is 74.6 Å². The van der Waals surface area contributed by atoms with Crippen molar-refractivity contribution < 1.29 is 19.8 Å². The lowest BCUT2D eigenvalue weighted by molar-refractivity contribution is -0.138. The predicted octanol–water partition coefficient (Wildman–Crippen LogP) is 5.57. The van der Waals surface area contributed by atoms with Crippen molar-refractivity contribution in [1.82, 2.24) is 0 Å². The van der Waals surface area contributed by atoms with Gasteiger partial charge in [-0.3, -0.25) is 9.59 Å². The molecule has 8 heteroatoms. The third-order valence-corrected chi connectivity index (χ3v) is 9.80. The van der Waals surface area contributed by atoms with Crippen LogP contribution in [0.1, 0.15) is 64.2 Å². The maximum atomic E-state index is 10.2. The highest BCUT2D eigenvalue weighted by Crippen LogP contribution is 2.40. The molecule has 140 valence electrons. The molecular formula is C16H28O4S4. The first kappa shape index (κ1) is 22.4. The molecule has 2 N–H and O–H groups in total. The third kappa shape index (κ3) is 12.7. The zero-order valence-electron chi connectivity index (χ0n) is 14.0. The quantitative estimate of drug-likeness (QED) is 0.356. The Balaban J connectivity index is 0.000000240. The van der Waals surface area contributed by atoms with Gasteiger partial charge >= 0.3 is 11.9 Å². The number of carboxylic acids is 2. The Labute approximate surface area is 160 Å². The summed E-state index contributed by atoms with van der Waals surface area (Å²) in [5.74, 6) is 1.22. The second-order valence-corrected chi connectivity index (χ2v) is 11.5. The van der Waals surface area contributed by atoms with Gasteiger partial charge in [-0.05, 0) is 38.5 Å². The molecule has 0 aliphatic carbocycles. The fourth-order valence-corrected chi connectivity index (χ4v) is 8.48. The normalized spacial score (nSPS) is 22.8. The third-order valence-electron chi connectivity index (χ3n) is 3.79. The van der Waals surface area contributed by atoms with Crippen LogP contribution >= 0.6 is 43.2 Å². The summed E-state index contributed by atoms with van der Waals surface area (Å²) in [6, 6.07) is 0. The van der Waals surface area contributed by atoms with Crippen LogP contribution in [-0.4, -0.2) is 44.2 Å². The van der Waals surface area contributed by atoms with Crippen LogP contribution in [0.25, 0.3) is 0 Å². The largest absolute Gasteiger partial charge is 0.481 e. The Morgan fingerprint density at radius 3 is 1.46 bits per heavy atom. The molecule has 0 spiro atoms. The van der Waals surface area contributed by atoms with E-state index < -0.39 is 11.9 Å². The van der Waals surface area contributed by atoms with Crippen molar-refractivity contribution in [3.05, 3.63) is 0 Å². The van der Waals surface area contributed by atoms with Gasteiger partial charge in [0.15, 0.2) is 0 Å². The van der Waals surface area contributed by atoms with Crippen molar-refractivity contribution in [2.75, 3.05) is 11.5 Å². The molecule has 2 atom stereocenters. The van der Waals surface area contributed by atoms with Gasteiger partial charge in [0.25, 0.3) is 0 Å². The van der Waals surface area contributed by atoms with Gasteiger partial charge in [-0.25, -0.2) is 0 Å². The minimum Gasteiger partial charge on any atom is -0.481 e. The maximum Gasteiger partial charge on any atom is 0.303 e. The molecule has 2 aliphatic rings. The minimum absolute atomic E-state index is 0.338. The monoisotopic (exact) mass is 412 g/mol. The summed E-state index contributed by atoms with van der Waals surface area (Å²) in [6.07, 6.45) is 9.53. The summed E-state index contributed by atoms with van der Waals surface area (Å²) in [5.41, 5.74) is 0. The van der Waals surface area contributed by atoms with Crippen LogP contribution in [0.5, 0.6) is 0 Å². The molecule has 0 saturated carbocycles. The first-order valence-corrected chi connectivity index (χ1v) is 13.3. The van der Waals surface area contributed by atoms with Crippen LogP contribution in [-0.2, 0) is 9.59 Å². The van der Waals surface area contributed by atoms with Crippen LogP contribution in [0, 0.1) is 0 Å². The van der Waals surface area contributed by atoms with E-state index in [9.17, 15) is 9.59 Å². The number of aliphatic carboxylic acids is 2. The predicted molar refractivity (Wildman–Crippen MR) is 109 cm³/mol. The number of carbonyl (C=O) groups is 2. The smallest absolute Gasteiger partial charge is 0.303 e. The van der Waals surface area contributed by atoms with Gasteiger partial charge in [0.2, 0.25) is 0 Å². The minimum atomic E-state index is -0.663. The van der Waals surface area contributed by atoms with E-state index in [1.807, 2.05) is 43.2 Å². The van der Waals surface area contributed by atoms with Crippen LogP contribution < -0.4 is 0 Å². The first-order valence-electron chi connectivity index (χ1n) is 8.58. The number of rotatable bonds is 10. The van der Waals surface area contributed by atoms with E-state index in [0.717, 1.165) is 36.2 Å². The second kappa shape index (κ2) is 14.5. The summed E-state index contributed by atoms with van der Waals surface area (Å²) in [5, 5.41) is 18.4. The molecule has 0 unspecified atom stereocenters. The maximum absolute atomic E-state index is 10.2. The molecule has 2 saturated heterocycles. The molecule has 0 amide bonds. The molecule has 0 bridgehead atoms. The summed E-state index contributed by atoms with van der Waals surface area (Å²) >= 11 is 0. The zero-order valence-corrected chi connectivity index (χ0v) is 17.2. The Morgan fingerprint density at radius 1 is 0.750 bits per heavy atom. The highest BCUT2D eigenvalue weighted by molar-refractivity contribution is 8.77. The molecule has 2 aliphatic heterocycles. The fourth-order valence-electron chi connectivity index (χ4n) is 2.43. The Bertz CT molecular complexity index is 322. The summed E-state index contributed by atoms with van der Waals surface area (Å²) in [6.45, 7) is 0. The molecule has 2 fully saturated rings. The van der Waals surface area contributed by atoms with Crippen LogP contribution in [0.15, 0.2) is 0 Å². The summed E-state index contributed by atoms with van der Waals surface area (Å²) in [7, 11) is 7.83. The van der Waals surface area contributed by atoms with Crippen molar-refractivity contribution in [3.63, 3.8) is 0 Å². The molecule has 0 aromatic heterocycles. The lowest BCUT2D eigenvalue weighted by atomic mass is 10.1. The van der Waals surface area contributed by atoms with Crippen LogP contribution in [0.3, 0.4) is 0 Å². The van der Waals surface area contributed by atoms with Gasteiger partial charge in [-0.2, -0.15) is 0 Å². The zero-order chi connectivity index (χ0) is 17.6. The number of unbranched alkanes of at least 4 members (excludes halogenated alkanes) is 2. The highest BCUT2D eigenvalue weighted by atomic mass is 33.1. The van der Waals surface area contributed by atoms with Crippen molar-refractivity contribution in [1.29, 1.82) is 0 Å². The van der Waals surface area contributed by atoms with Gasteiger partial charge in [0.1, 0.15) is 0 Å². The van der Waals surface area contributed by atoms with Gasteiger partial charge in [0.05, 0.1) is 0 Å². The van der Waals surface area contributed by atoms with E-state index >= 15 is 0 Å². The molecular weight excluding hydrogens is 384 g/mol. The molecule has 0 aromatic rings. The number of hydrogen-bond donors (Lipinski definition) is 2. The fraction of sp³-hybridized carbons (Fsp3) is 0.875. The van der Waals surface area contributed by atoms with Gasteiger partial charge < -0.3 is 10.2 Å². The van der Waals surface area contributed by atoms with E-state index in [2.05, 4.69) is 0 Å². The molecule has 2 rings (SSSR count). The lowest BCUT2D eigenvalue weighted by Crippen LogP contribution is -1.99. The van der Waals surface area contributed by atoms with E-state index in [1.54, 1.807) is 0 Å². The van der Waals surface area contributed by atoms with Gasteiger partial charge in [-0.1, -0.05) is 56.0 Å². The van der Waals surface area contributed by atoms with Crippen LogP contribution in [0.4, 0.5) is 0 Å². The van der Waals surface area contributed by atoms with Crippen LogP contribution in [0.2, 0.25) is 0 Å². The van der Waals surface area contributed by atoms with E-state index in [4.69, 9.17) is 10.2 Å². The molecule has 4 nitrogen and oxygen atoms in total. The summed E-state index contributed by atoms with van der Waals surface area (Å²) in [4.78, 5) is 20.4. The Hall–Kier alpha value is 0.340. The first-order chi connectivity index (χ1) is 11.6. The SMILES string of the molecule is O=C(O)CCCC[C@@H]1CCSS1.O=C(O)CCCC[C@@H]1CCSS1. The molecule has 24 heavy (non-hydrogen) atoms.